The summed E-state index contributed by atoms with van der Waals surface area (Å²) in [5.74, 6) is -0.751. The van der Waals surface area contributed by atoms with E-state index in [-0.39, 0.29) is 23.9 Å². The van der Waals surface area contributed by atoms with Gasteiger partial charge in [0.1, 0.15) is 5.69 Å². The number of carbonyl (C=O) groups excluding carboxylic acids is 2. The molecule has 0 atom stereocenters. The highest BCUT2D eigenvalue weighted by Gasteiger charge is 2.21. The lowest BCUT2D eigenvalue weighted by Gasteiger charge is -2.15. The zero-order valence-corrected chi connectivity index (χ0v) is 14.7. The second-order valence-electron chi connectivity index (χ2n) is 5.52. The van der Waals surface area contributed by atoms with E-state index < -0.39 is 5.97 Å². The van der Waals surface area contributed by atoms with E-state index >= 15 is 0 Å². The lowest BCUT2D eigenvalue weighted by Crippen LogP contribution is -2.26. The summed E-state index contributed by atoms with van der Waals surface area (Å²) in [5.41, 5.74) is 2.34. The lowest BCUT2D eigenvalue weighted by molar-refractivity contribution is 0.0513. The van der Waals surface area contributed by atoms with Crippen molar-refractivity contribution < 1.29 is 14.3 Å². The topological polar surface area (TPSA) is 82.2 Å². The van der Waals surface area contributed by atoms with E-state index in [0.29, 0.717) is 6.54 Å². The van der Waals surface area contributed by atoms with Gasteiger partial charge < -0.3 is 9.64 Å². The quantitative estimate of drug-likeness (QED) is 0.746. The molecule has 0 aliphatic rings. The Hall–Kier alpha value is -2.64. The summed E-state index contributed by atoms with van der Waals surface area (Å²) in [6.07, 6.45) is 1.93. The number of aryl methyl sites for hydroxylation is 3. The second kappa shape index (κ2) is 7.29. The average Bonchev–Trinajstić information content (AvgIpc) is 3.10. The van der Waals surface area contributed by atoms with E-state index in [9.17, 15) is 9.59 Å². The van der Waals surface area contributed by atoms with Gasteiger partial charge in [0.15, 0.2) is 5.69 Å². The molecule has 0 saturated carbocycles. The molecular formula is C16H23N5O3. The number of rotatable bonds is 6. The second-order valence-corrected chi connectivity index (χ2v) is 5.52. The number of carbonyl (C=O) groups is 2. The molecule has 0 aromatic carbocycles. The molecule has 8 nitrogen and oxygen atoms in total. The maximum atomic E-state index is 12.6. The predicted molar refractivity (Wildman–Crippen MR) is 87.6 cm³/mol. The van der Waals surface area contributed by atoms with Gasteiger partial charge in [-0.3, -0.25) is 14.2 Å². The van der Waals surface area contributed by atoms with E-state index in [1.165, 1.54) is 10.7 Å². The molecule has 2 aromatic heterocycles. The first kappa shape index (κ1) is 17.7. The Labute approximate surface area is 141 Å². The molecule has 0 spiro atoms. The molecule has 0 fully saturated rings. The summed E-state index contributed by atoms with van der Waals surface area (Å²) in [6, 6.07) is 1.46. The van der Waals surface area contributed by atoms with Gasteiger partial charge in [0, 0.05) is 45.0 Å². The Balaban J connectivity index is 2.14. The number of ether oxygens (including phenoxy) is 1. The van der Waals surface area contributed by atoms with Crippen LogP contribution >= 0.6 is 0 Å². The van der Waals surface area contributed by atoms with E-state index in [2.05, 4.69) is 10.2 Å². The molecule has 0 aliphatic carbocycles. The molecule has 0 aliphatic heterocycles. The summed E-state index contributed by atoms with van der Waals surface area (Å²) in [4.78, 5) is 25.9. The minimum absolute atomic E-state index is 0.212. The van der Waals surface area contributed by atoms with Crippen molar-refractivity contribution in [1.82, 2.24) is 24.5 Å². The summed E-state index contributed by atoms with van der Waals surface area (Å²) in [6.45, 7) is 7.13. The maximum absolute atomic E-state index is 12.6. The van der Waals surface area contributed by atoms with Crippen LogP contribution in [0.3, 0.4) is 0 Å². The van der Waals surface area contributed by atoms with Crippen LogP contribution in [0.15, 0.2) is 12.3 Å². The standard InChI is InChI=1S/C16H23N5O3/c1-6-21-10-12(11(3)17-21)9-19(4)15(22)13-8-14(20(5)18-13)16(23)24-7-2/h8,10H,6-7,9H2,1-5H3. The molecule has 2 aromatic rings. The molecule has 0 unspecified atom stereocenters. The number of nitrogens with zero attached hydrogens (tertiary/aromatic N) is 5. The monoisotopic (exact) mass is 333 g/mol. The molecule has 2 heterocycles. The highest BCUT2D eigenvalue weighted by Crippen LogP contribution is 2.12. The summed E-state index contributed by atoms with van der Waals surface area (Å²) in [5, 5.41) is 8.50. The van der Waals surface area contributed by atoms with Gasteiger partial charge in [0.2, 0.25) is 0 Å². The lowest BCUT2D eigenvalue weighted by atomic mass is 10.2. The van der Waals surface area contributed by atoms with Gasteiger partial charge in [-0.25, -0.2) is 4.79 Å². The minimum atomic E-state index is -0.491. The van der Waals surface area contributed by atoms with Crippen LogP contribution < -0.4 is 0 Å². The number of hydrogen-bond acceptors (Lipinski definition) is 5. The highest BCUT2D eigenvalue weighted by molar-refractivity contribution is 5.95. The number of amides is 1. The third-order valence-electron chi connectivity index (χ3n) is 3.71. The van der Waals surface area contributed by atoms with E-state index in [1.54, 1.807) is 25.9 Å². The molecule has 0 N–H and O–H groups in total. The molecule has 0 saturated heterocycles. The molecule has 2 rings (SSSR count). The SMILES string of the molecule is CCOC(=O)c1cc(C(=O)N(C)Cc2cn(CC)nc2C)nn1C. The summed E-state index contributed by atoms with van der Waals surface area (Å²) >= 11 is 0. The Bertz CT molecular complexity index is 747. The normalized spacial score (nSPS) is 10.7. The van der Waals surface area contributed by atoms with Crippen molar-refractivity contribution in [3.8, 4) is 0 Å². The van der Waals surface area contributed by atoms with Crippen molar-refractivity contribution in [2.75, 3.05) is 13.7 Å². The minimum Gasteiger partial charge on any atom is -0.461 e. The van der Waals surface area contributed by atoms with Crippen molar-refractivity contribution in [3.05, 3.63) is 34.9 Å². The fourth-order valence-corrected chi connectivity index (χ4v) is 2.37. The number of hydrogen-bond donors (Lipinski definition) is 0. The highest BCUT2D eigenvalue weighted by atomic mass is 16.5. The fraction of sp³-hybridized carbons (Fsp3) is 0.500. The van der Waals surface area contributed by atoms with Crippen LogP contribution in [0.1, 0.15) is 46.1 Å². The summed E-state index contributed by atoms with van der Waals surface area (Å²) in [7, 11) is 3.31. The molecule has 130 valence electrons. The predicted octanol–water partition coefficient (Wildman–Crippen LogP) is 1.39. The van der Waals surface area contributed by atoms with Crippen LogP contribution in [0.5, 0.6) is 0 Å². The van der Waals surface area contributed by atoms with Gasteiger partial charge in [-0.05, 0) is 20.8 Å². The molecule has 0 radical (unpaired) electrons. The average molecular weight is 333 g/mol. The van der Waals surface area contributed by atoms with Crippen molar-refractivity contribution in [2.24, 2.45) is 7.05 Å². The molecule has 0 bridgehead atoms. The van der Waals surface area contributed by atoms with Gasteiger partial charge in [0.05, 0.1) is 12.3 Å². The smallest absolute Gasteiger partial charge is 0.356 e. The Morgan fingerprint density at radius 1 is 1.29 bits per heavy atom. The van der Waals surface area contributed by atoms with E-state index in [0.717, 1.165) is 17.8 Å². The third-order valence-corrected chi connectivity index (χ3v) is 3.71. The van der Waals surface area contributed by atoms with Crippen molar-refractivity contribution >= 4 is 11.9 Å². The molecule has 8 heteroatoms. The molecular weight excluding hydrogens is 310 g/mol. The third kappa shape index (κ3) is 3.64. The van der Waals surface area contributed by atoms with Gasteiger partial charge in [-0.1, -0.05) is 0 Å². The van der Waals surface area contributed by atoms with Gasteiger partial charge >= 0.3 is 5.97 Å². The maximum Gasteiger partial charge on any atom is 0.356 e. The van der Waals surface area contributed by atoms with Crippen LogP contribution in [0.25, 0.3) is 0 Å². The first-order chi connectivity index (χ1) is 11.4. The Morgan fingerprint density at radius 2 is 2.00 bits per heavy atom. The Morgan fingerprint density at radius 3 is 2.58 bits per heavy atom. The van der Waals surface area contributed by atoms with Gasteiger partial charge in [-0.2, -0.15) is 10.2 Å². The van der Waals surface area contributed by atoms with E-state index in [1.807, 2.05) is 24.7 Å². The van der Waals surface area contributed by atoms with Crippen molar-refractivity contribution in [2.45, 2.75) is 33.9 Å². The van der Waals surface area contributed by atoms with Crippen LogP contribution in [0.2, 0.25) is 0 Å². The fourth-order valence-electron chi connectivity index (χ4n) is 2.37. The zero-order valence-electron chi connectivity index (χ0n) is 14.7. The van der Waals surface area contributed by atoms with Crippen molar-refractivity contribution in [3.63, 3.8) is 0 Å². The zero-order chi connectivity index (χ0) is 17.9. The van der Waals surface area contributed by atoms with Gasteiger partial charge in [-0.15, -0.1) is 0 Å². The van der Waals surface area contributed by atoms with Crippen LogP contribution in [-0.2, 0) is 24.9 Å². The van der Waals surface area contributed by atoms with Crippen LogP contribution in [0.4, 0.5) is 0 Å². The Kier molecular flexibility index (Phi) is 5.38. The number of esters is 1. The first-order valence-electron chi connectivity index (χ1n) is 7.86. The number of aromatic nitrogens is 4. The summed E-state index contributed by atoms with van der Waals surface area (Å²) < 4.78 is 8.15. The van der Waals surface area contributed by atoms with Gasteiger partial charge in [0.25, 0.3) is 5.91 Å². The molecule has 24 heavy (non-hydrogen) atoms. The van der Waals surface area contributed by atoms with Crippen LogP contribution in [0, 0.1) is 6.92 Å². The van der Waals surface area contributed by atoms with E-state index in [4.69, 9.17) is 4.74 Å². The van der Waals surface area contributed by atoms with Crippen molar-refractivity contribution in [1.29, 1.82) is 0 Å². The van der Waals surface area contributed by atoms with Crippen LogP contribution in [-0.4, -0.2) is 50.0 Å². The largest absolute Gasteiger partial charge is 0.461 e. The first-order valence-corrected chi connectivity index (χ1v) is 7.86. The molecule has 1 amide bonds.